The highest BCUT2D eigenvalue weighted by Gasteiger charge is 2.53. The highest BCUT2D eigenvalue weighted by molar-refractivity contribution is 6.11. The maximum absolute atomic E-state index is 12.8. The third-order valence-corrected chi connectivity index (χ3v) is 4.74. The van der Waals surface area contributed by atoms with Crippen LogP contribution in [-0.2, 0) is 25.7 Å². The van der Waals surface area contributed by atoms with Gasteiger partial charge in [-0.25, -0.2) is 4.79 Å². The summed E-state index contributed by atoms with van der Waals surface area (Å²) < 4.78 is 15.5. The van der Waals surface area contributed by atoms with Crippen LogP contribution in [0.15, 0.2) is 29.8 Å². The molecule has 1 heterocycles. The zero-order valence-electron chi connectivity index (χ0n) is 15.0. The largest absolute Gasteiger partial charge is 0.493 e. The number of fused-ring (bicyclic) bond motifs is 1. The number of hydrogen-bond donors (Lipinski definition) is 0. The number of likely N-dealkylation sites (tertiary alicyclic amines) is 1. The Morgan fingerprint density at radius 2 is 1.88 bits per heavy atom. The molecule has 0 aromatic heterocycles. The first-order chi connectivity index (χ1) is 12.5. The number of hydrogen-bond acceptors (Lipinski definition) is 6. The van der Waals surface area contributed by atoms with Gasteiger partial charge in [0.05, 0.1) is 39.2 Å². The highest BCUT2D eigenvalue weighted by atomic mass is 16.5. The van der Waals surface area contributed by atoms with Crippen LogP contribution in [0, 0.1) is 11.8 Å². The topological polar surface area (TPSA) is 82.1 Å². The number of imide groups is 1. The molecule has 2 atom stereocenters. The van der Waals surface area contributed by atoms with Crippen LogP contribution in [0.1, 0.15) is 18.9 Å². The molecule has 2 aliphatic rings. The first-order valence-electron chi connectivity index (χ1n) is 8.45. The van der Waals surface area contributed by atoms with Crippen molar-refractivity contribution in [2.75, 3.05) is 20.8 Å². The van der Waals surface area contributed by atoms with Crippen LogP contribution in [-0.4, -0.2) is 43.5 Å². The van der Waals surface area contributed by atoms with Gasteiger partial charge in [-0.3, -0.25) is 14.5 Å². The molecule has 26 heavy (non-hydrogen) atoms. The zero-order chi connectivity index (χ0) is 18.8. The molecule has 3 rings (SSSR count). The zero-order valence-corrected chi connectivity index (χ0v) is 15.0. The van der Waals surface area contributed by atoms with Crippen LogP contribution in [0.25, 0.3) is 0 Å². The molecule has 0 N–H and O–H groups in total. The second-order valence-corrected chi connectivity index (χ2v) is 6.15. The number of esters is 1. The third kappa shape index (κ3) is 2.94. The summed E-state index contributed by atoms with van der Waals surface area (Å²) in [7, 11) is 3.06. The van der Waals surface area contributed by atoms with Crippen molar-refractivity contribution in [1.29, 1.82) is 0 Å². The average molecular weight is 359 g/mol. The number of benzene rings is 1. The van der Waals surface area contributed by atoms with Gasteiger partial charge in [-0.2, -0.15) is 0 Å². The van der Waals surface area contributed by atoms with E-state index < -0.39 is 17.8 Å². The Bertz CT molecular complexity index is 784. The number of nitrogens with zero attached hydrogens (tertiary/aromatic N) is 1. The number of carbonyl (C=O) groups excluding carboxylic acids is 3. The quantitative estimate of drug-likeness (QED) is 0.568. The normalized spacial score (nSPS) is 21.5. The number of amides is 2. The van der Waals surface area contributed by atoms with Crippen LogP contribution in [0.3, 0.4) is 0 Å². The van der Waals surface area contributed by atoms with E-state index in [0.717, 1.165) is 5.56 Å². The van der Waals surface area contributed by atoms with E-state index in [2.05, 4.69) is 0 Å². The lowest BCUT2D eigenvalue weighted by molar-refractivity contribution is -0.143. The number of rotatable bonds is 6. The molecule has 1 aliphatic carbocycles. The van der Waals surface area contributed by atoms with Crippen LogP contribution in [0.5, 0.6) is 11.5 Å². The second-order valence-electron chi connectivity index (χ2n) is 6.15. The summed E-state index contributed by atoms with van der Waals surface area (Å²) in [5.41, 5.74) is 1.04. The molecule has 1 fully saturated rings. The molecular formula is C19H21NO6. The van der Waals surface area contributed by atoms with Gasteiger partial charge < -0.3 is 14.2 Å². The Morgan fingerprint density at radius 3 is 2.54 bits per heavy atom. The summed E-state index contributed by atoms with van der Waals surface area (Å²) in [6.45, 7) is 2.06. The van der Waals surface area contributed by atoms with Crippen molar-refractivity contribution >= 4 is 17.8 Å². The average Bonchev–Trinajstić information content (AvgIpc) is 3.18. The molecule has 7 heteroatoms. The van der Waals surface area contributed by atoms with E-state index in [9.17, 15) is 14.4 Å². The molecule has 1 saturated heterocycles. The van der Waals surface area contributed by atoms with E-state index in [4.69, 9.17) is 14.2 Å². The monoisotopic (exact) mass is 359 g/mol. The Morgan fingerprint density at radius 1 is 1.15 bits per heavy atom. The van der Waals surface area contributed by atoms with Gasteiger partial charge in [-0.05, 0) is 31.0 Å². The van der Waals surface area contributed by atoms with Gasteiger partial charge in [0.25, 0.3) is 0 Å². The van der Waals surface area contributed by atoms with Crippen LogP contribution < -0.4 is 9.47 Å². The Labute approximate surface area is 151 Å². The summed E-state index contributed by atoms with van der Waals surface area (Å²) >= 11 is 0. The third-order valence-electron chi connectivity index (χ3n) is 4.74. The second kappa shape index (κ2) is 7.19. The van der Waals surface area contributed by atoms with Crippen LogP contribution in [0.4, 0.5) is 0 Å². The van der Waals surface area contributed by atoms with Gasteiger partial charge in [-0.1, -0.05) is 12.1 Å². The molecule has 0 unspecified atom stereocenters. The van der Waals surface area contributed by atoms with Crippen molar-refractivity contribution in [3.05, 3.63) is 35.4 Å². The standard InChI is InChI=1S/C19H21NO6/c1-4-26-19(23)13-7-6-12-16(13)18(22)20(17(12)21)10-11-5-8-14(24-2)15(9-11)25-3/h5,7-9,12,16H,4,6,10H2,1-3H3/t12-,16-/m0/s1. The lowest BCUT2D eigenvalue weighted by atomic mass is 9.94. The number of methoxy groups -OCH3 is 2. The molecule has 1 aromatic rings. The highest BCUT2D eigenvalue weighted by Crippen LogP contribution is 2.41. The SMILES string of the molecule is CCOC(=O)C1=CC[C@@H]2C(=O)N(Cc3ccc(OC)c(OC)c3)C(=O)[C@H]12. The minimum Gasteiger partial charge on any atom is -0.493 e. The van der Waals surface area contributed by atoms with E-state index in [1.165, 1.54) is 19.1 Å². The van der Waals surface area contributed by atoms with Gasteiger partial charge in [0.2, 0.25) is 11.8 Å². The molecule has 1 aromatic carbocycles. The van der Waals surface area contributed by atoms with E-state index in [1.807, 2.05) is 0 Å². The number of carbonyl (C=O) groups is 3. The smallest absolute Gasteiger partial charge is 0.334 e. The summed E-state index contributed by atoms with van der Waals surface area (Å²) in [5.74, 6) is -1.29. The maximum Gasteiger partial charge on any atom is 0.334 e. The van der Waals surface area contributed by atoms with E-state index in [-0.39, 0.29) is 25.0 Å². The maximum atomic E-state index is 12.8. The minimum absolute atomic E-state index is 0.126. The Hall–Kier alpha value is -2.83. The molecular weight excluding hydrogens is 338 g/mol. The van der Waals surface area contributed by atoms with Gasteiger partial charge in [0.15, 0.2) is 11.5 Å². The fourth-order valence-corrected chi connectivity index (χ4v) is 3.50. The molecule has 0 bridgehead atoms. The lowest BCUT2D eigenvalue weighted by Gasteiger charge is -2.17. The predicted octanol–water partition coefficient (Wildman–Crippen LogP) is 1.70. The number of allylic oxidation sites excluding steroid dienone is 1. The number of ether oxygens (including phenoxy) is 3. The van der Waals surface area contributed by atoms with Crippen molar-refractivity contribution in [2.24, 2.45) is 11.8 Å². The summed E-state index contributed by atoms with van der Waals surface area (Å²) in [6.07, 6.45) is 2.03. The predicted molar refractivity (Wildman–Crippen MR) is 91.4 cm³/mol. The fourth-order valence-electron chi connectivity index (χ4n) is 3.50. The van der Waals surface area contributed by atoms with E-state index in [0.29, 0.717) is 23.5 Å². The summed E-state index contributed by atoms with van der Waals surface area (Å²) in [6, 6.07) is 5.23. The summed E-state index contributed by atoms with van der Waals surface area (Å²) in [4.78, 5) is 38.7. The Balaban J connectivity index is 1.81. The molecule has 0 spiro atoms. The molecule has 7 nitrogen and oxygen atoms in total. The van der Waals surface area contributed by atoms with Gasteiger partial charge in [-0.15, -0.1) is 0 Å². The van der Waals surface area contributed by atoms with Crippen molar-refractivity contribution in [2.45, 2.75) is 19.9 Å². The summed E-state index contributed by atoms with van der Waals surface area (Å²) in [5, 5.41) is 0. The molecule has 2 amide bonds. The fraction of sp³-hybridized carbons (Fsp3) is 0.421. The van der Waals surface area contributed by atoms with Gasteiger partial charge >= 0.3 is 5.97 Å². The molecule has 0 radical (unpaired) electrons. The molecule has 0 saturated carbocycles. The van der Waals surface area contributed by atoms with E-state index >= 15 is 0 Å². The minimum atomic E-state index is -0.735. The van der Waals surface area contributed by atoms with Crippen molar-refractivity contribution in [3.8, 4) is 11.5 Å². The molecule has 1 aliphatic heterocycles. The van der Waals surface area contributed by atoms with Gasteiger partial charge in [0, 0.05) is 5.57 Å². The van der Waals surface area contributed by atoms with Gasteiger partial charge in [0.1, 0.15) is 0 Å². The first-order valence-corrected chi connectivity index (χ1v) is 8.45. The van der Waals surface area contributed by atoms with Crippen molar-refractivity contribution in [1.82, 2.24) is 4.90 Å². The van der Waals surface area contributed by atoms with Crippen molar-refractivity contribution < 1.29 is 28.6 Å². The van der Waals surface area contributed by atoms with Crippen LogP contribution in [0.2, 0.25) is 0 Å². The van der Waals surface area contributed by atoms with Crippen LogP contribution >= 0.6 is 0 Å². The van der Waals surface area contributed by atoms with E-state index in [1.54, 1.807) is 31.2 Å². The Kier molecular flexibility index (Phi) is 4.97. The molecule has 138 valence electrons. The van der Waals surface area contributed by atoms with Crippen molar-refractivity contribution in [3.63, 3.8) is 0 Å². The first kappa shape index (κ1) is 18.0. The lowest BCUT2D eigenvalue weighted by Crippen LogP contribution is -2.31.